The summed E-state index contributed by atoms with van der Waals surface area (Å²) in [7, 11) is 0. The van der Waals surface area contributed by atoms with Crippen LogP contribution in [0, 0.1) is 13.8 Å². The average molecular weight is 352 g/mol. The van der Waals surface area contributed by atoms with Crippen LogP contribution in [0.4, 0.5) is 0 Å². The van der Waals surface area contributed by atoms with E-state index >= 15 is 0 Å². The summed E-state index contributed by atoms with van der Waals surface area (Å²) in [6.45, 7) is 5.24. The van der Waals surface area contributed by atoms with E-state index in [1.54, 1.807) is 11.3 Å². The molecule has 25 heavy (non-hydrogen) atoms. The molecule has 1 atom stereocenters. The van der Waals surface area contributed by atoms with Crippen molar-refractivity contribution >= 4 is 17.2 Å². The molecule has 1 aliphatic rings. The topological polar surface area (TPSA) is 51.0 Å². The van der Waals surface area contributed by atoms with E-state index in [0.29, 0.717) is 13.0 Å². The van der Waals surface area contributed by atoms with Gasteiger partial charge < -0.3 is 9.47 Å². The number of nitrogens with zero attached hydrogens (tertiary/aromatic N) is 4. The summed E-state index contributed by atoms with van der Waals surface area (Å²) in [5.41, 5.74) is 2.12. The number of aromatic nitrogens is 3. The molecule has 3 aromatic rings. The monoisotopic (exact) mass is 352 g/mol. The minimum atomic E-state index is 0.0322. The summed E-state index contributed by atoms with van der Waals surface area (Å²) in [4.78, 5) is 25.0. The number of thiazole rings is 1. The smallest absolute Gasteiger partial charge is 0.228 e. The molecule has 1 aromatic carbocycles. The Kier molecular flexibility index (Phi) is 4.13. The molecule has 4 rings (SSSR count). The van der Waals surface area contributed by atoms with Gasteiger partial charge in [-0.25, -0.2) is 9.97 Å². The summed E-state index contributed by atoms with van der Waals surface area (Å²) in [5.74, 6) is 1.08. The van der Waals surface area contributed by atoms with Crippen LogP contribution in [0.5, 0.6) is 0 Å². The molecule has 128 valence electrons. The maximum atomic E-state index is 13.1. The second-order valence-corrected chi connectivity index (χ2v) is 7.65. The van der Waals surface area contributed by atoms with Crippen LogP contribution in [0.15, 0.2) is 42.7 Å². The van der Waals surface area contributed by atoms with E-state index in [4.69, 9.17) is 0 Å². The molecule has 5 nitrogen and oxygen atoms in total. The van der Waals surface area contributed by atoms with Gasteiger partial charge in [-0.1, -0.05) is 30.3 Å². The third-order valence-electron chi connectivity index (χ3n) is 4.68. The third-order valence-corrected chi connectivity index (χ3v) is 5.75. The van der Waals surface area contributed by atoms with Gasteiger partial charge in [0.1, 0.15) is 5.82 Å². The molecule has 0 spiro atoms. The van der Waals surface area contributed by atoms with Gasteiger partial charge >= 0.3 is 0 Å². The lowest BCUT2D eigenvalue weighted by molar-refractivity contribution is -0.135. The first-order valence-electron chi connectivity index (χ1n) is 8.39. The molecule has 0 radical (unpaired) electrons. The van der Waals surface area contributed by atoms with Crippen molar-refractivity contribution in [2.45, 2.75) is 39.4 Å². The Morgan fingerprint density at radius 3 is 2.80 bits per heavy atom. The van der Waals surface area contributed by atoms with Crippen molar-refractivity contribution in [2.75, 3.05) is 0 Å². The first-order chi connectivity index (χ1) is 12.1. The summed E-state index contributed by atoms with van der Waals surface area (Å²) in [5, 5.41) is 1.01. The number of imidazole rings is 1. The van der Waals surface area contributed by atoms with Crippen LogP contribution in [0.3, 0.4) is 0 Å². The molecule has 2 aromatic heterocycles. The number of amides is 1. The zero-order valence-electron chi connectivity index (χ0n) is 14.3. The normalized spacial score (nSPS) is 16.7. The molecule has 0 saturated heterocycles. The predicted octanol–water partition coefficient (Wildman–Crippen LogP) is 3.28. The van der Waals surface area contributed by atoms with Crippen molar-refractivity contribution in [3.8, 4) is 0 Å². The fourth-order valence-corrected chi connectivity index (χ4v) is 4.33. The summed E-state index contributed by atoms with van der Waals surface area (Å²) in [6.07, 6.45) is 4.20. The molecule has 3 heterocycles. The summed E-state index contributed by atoms with van der Waals surface area (Å²) in [6, 6.07) is 10.3. The van der Waals surface area contributed by atoms with Gasteiger partial charge in [-0.15, -0.1) is 11.3 Å². The van der Waals surface area contributed by atoms with Gasteiger partial charge in [-0.3, -0.25) is 4.79 Å². The zero-order chi connectivity index (χ0) is 17.4. The van der Waals surface area contributed by atoms with Crippen LogP contribution in [0.25, 0.3) is 0 Å². The van der Waals surface area contributed by atoms with E-state index in [0.717, 1.165) is 33.5 Å². The van der Waals surface area contributed by atoms with E-state index in [2.05, 4.69) is 26.7 Å². The number of aryl methyl sites for hydroxylation is 2. The van der Waals surface area contributed by atoms with Crippen molar-refractivity contribution in [1.29, 1.82) is 0 Å². The van der Waals surface area contributed by atoms with E-state index in [1.807, 2.05) is 49.3 Å². The molecule has 1 amide bonds. The first-order valence-corrected chi connectivity index (χ1v) is 9.21. The van der Waals surface area contributed by atoms with Crippen LogP contribution in [-0.4, -0.2) is 25.3 Å². The predicted molar refractivity (Wildman–Crippen MR) is 97.3 cm³/mol. The maximum Gasteiger partial charge on any atom is 0.228 e. The minimum Gasteiger partial charge on any atom is -0.331 e. The van der Waals surface area contributed by atoms with Gasteiger partial charge in [-0.2, -0.15) is 0 Å². The maximum absolute atomic E-state index is 13.1. The van der Waals surface area contributed by atoms with E-state index in [-0.39, 0.29) is 11.9 Å². The number of hydrogen-bond acceptors (Lipinski definition) is 4. The van der Waals surface area contributed by atoms with E-state index in [9.17, 15) is 4.79 Å². The number of carbonyl (C=O) groups is 1. The summed E-state index contributed by atoms with van der Waals surface area (Å²) < 4.78 is 2.14. The number of hydrogen-bond donors (Lipinski definition) is 0. The molecule has 0 bridgehead atoms. The Morgan fingerprint density at radius 2 is 2.08 bits per heavy atom. The standard InChI is InChI=1S/C19H20N4OS/c1-13-17(25-14(2)21-13)10-19(24)23-12-18-20-8-9-22(18)11-16(23)15-6-4-3-5-7-15/h3-9,16H,10-12H2,1-2H3. The van der Waals surface area contributed by atoms with Crippen LogP contribution >= 0.6 is 11.3 Å². The van der Waals surface area contributed by atoms with Crippen LogP contribution in [0.1, 0.15) is 33.0 Å². The number of carbonyl (C=O) groups excluding carboxylic acids is 1. The van der Waals surface area contributed by atoms with E-state index in [1.165, 1.54) is 0 Å². The second kappa shape index (κ2) is 6.44. The molecular weight excluding hydrogens is 332 g/mol. The van der Waals surface area contributed by atoms with Crippen molar-refractivity contribution in [2.24, 2.45) is 0 Å². The Hall–Kier alpha value is -2.47. The van der Waals surface area contributed by atoms with Crippen molar-refractivity contribution in [3.63, 3.8) is 0 Å². The molecule has 0 aliphatic carbocycles. The molecule has 1 unspecified atom stereocenters. The van der Waals surface area contributed by atoms with Crippen LogP contribution in [0.2, 0.25) is 0 Å². The highest BCUT2D eigenvalue weighted by molar-refractivity contribution is 7.11. The highest BCUT2D eigenvalue weighted by Crippen LogP contribution is 2.30. The lowest BCUT2D eigenvalue weighted by Crippen LogP contribution is -2.41. The zero-order valence-corrected chi connectivity index (χ0v) is 15.2. The Labute approximate surface area is 151 Å². The van der Waals surface area contributed by atoms with Gasteiger partial charge in [0.15, 0.2) is 0 Å². The van der Waals surface area contributed by atoms with Crippen LogP contribution in [-0.2, 0) is 24.3 Å². The third kappa shape index (κ3) is 3.09. The van der Waals surface area contributed by atoms with Crippen molar-refractivity contribution < 1.29 is 4.79 Å². The second-order valence-electron chi connectivity index (χ2n) is 6.36. The largest absolute Gasteiger partial charge is 0.331 e. The molecule has 0 N–H and O–H groups in total. The molecular formula is C19H20N4OS. The quantitative estimate of drug-likeness (QED) is 0.727. The Morgan fingerprint density at radius 1 is 1.28 bits per heavy atom. The SMILES string of the molecule is Cc1nc(C)c(CC(=O)N2Cc3nccn3CC2c2ccccc2)s1. The number of benzene rings is 1. The fraction of sp³-hybridized carbons (Fsp3) is 0.316. The molecule has 1 aliphatic heterocycles. The van der Waals surface area contributed by atoms with Gasteiger partial charge in [0.25, 0.3) is 0 Å². The molecule has 0 fully saturated rings. The van der Waals surface area contributed by atoms with Gasteiger partial charge in [0.2, 0.25) is 5.91 Å². The van der Waals surface area contributed by atoms with Crippen molar-refractivity contribution in [3.05, 3.63) is 69.7 Å². The lowest BCUT2D eigenvalue weighted by Gasteiger charge is -2.36. The lowest BCUT2D eigenvalue weighted by atomic mass is 10.0. The fourth-order valence-electron chi connectivity index (χ4n) is 3.40. The number of rotatable bonds is 3. The highest BCUT2D eigenvalue weighted by atomic mass is 32.1. The Bertz CT molecular complexity index is 899. The van der Waals surface area contributed by atoms with Crippen LogP contribution < -0.4 is 0 Å². The minimum absolute atomic E-state index is 0.0322. The van der Waals surface area contributed by atoms with Gasteiger partial charge in [-0.05, 0) is 19.4 Å². The highest BCUT2D eigenvalue weighted by Gasteiger charge is 2.31. The summed E-state index contributed by atoms with van der Waals surface area (Å²) >= 11 is 1.61. The van der Waals surface area contributed by atoms with E-state index < -0.39 is 0 Å². The average Bonchev–Trinajstić information content (AvgIpc) is 3.20. The number of fused-ring (bicyclic) bond motifs is 1. The Balaban J connectivity index is 1.65. The van der Waals surface area contributed by atoms with Gasteiger partial charge in [0.05, 0.1) is 29.7 Å². The molecule has 0 saturated carbocycles. The van der Waals surface area contributed by atoms with Crippen molar-refractivity contribution in [1.82, 2.24) is 19.4 Å². The van der Waals surface area contributed by atoms with Gasteiger partial charge in [0, 0.05) is 23.8 Å². The molecule has 6 heteroatoms. The first kappa shape index (κ1) is 16.0.